The number of carbonyl (C=O) groups is 6. The van der Waals surface area contributed by atoms with E-state index in [2.05, 4.69) is 63.5 Å². The summed E-state index contributed by atoms with van der Waals surface area (Å²) in [6.07, 6.45) is 2.23. The number of amides is 7. The minimum absolute atomic E-state index is 0.0131. The second-order valence-electron chi connectivity index (χ2n) is 16.1. The number of alkyl carbamates (subject to hydrolysis) is 1. The monoisotopic (exact) mass is 946 g/mol. The van der Waals surface area contributed by atoms with Gasteiger partial charge in [-0.1, -0.05) is 39.0 Å². The van der Waals surface area contributed by atoms with Crippen molar-refractivity contribution >= 4 is 65.1 Å². The summed E-state index contributed by atoms with van der Waals surface area (Å²) in [7, 11) is 3.89. The SMILES string of the molecule is C=NCC(=O)N[C@H](C(=O)N[C@@H](CCCNC(N)=O)C(=O)Nc1ccc(COC(=O)NCCCC(=O)Nc2nc(OCCC)nc3c2[nH]c(=O)n3Cc2ccc(OCCN(C)C)nc2)cc1)C(C)C. The molecule has 7 amide bonds. The molecule has 0 radical (unpaired) electrons. The first-order valence-electron chi connectivity index (χ1n) is 22.1. The molecule has 0 saturated carbocycles. The molecule has 4 rings (SSSR count). The Morgan fingerprint density at radius 1 is 0.897 bits per heavy atom. The maximum atomic E-state index is 13.4. The Hall–Kier alpha value is -7.63. The van der Waals surface area contributed by atoms with E-state index in [-0.39, 0.29) is 81.0 Å². The largest absolute Gasteiger partial charge is 0.476 e. The minimum atomic E-state index is -1.04. The number of ether oxygens (including phenoxy) is 3. The summed E-state index contributed by atoms with van der Waals surface area (Å²) in [6.45, 7) is 10.2. The van der Waals surface area contributed by atoms with Crippen LogP contribution in [0.2, 0.25) is 0 Å². The Morgan fingerprint density at radius 2 is 1.63 bits per heavy atom. The molecule has 0 aliphatic rings. The molecule has 3 aromatic heterocycles. The van der Waals surface area contributed by atoms with E-state index in [4.69, 9.17) is 19.9 Å². The van der Waals surface area contributed by atoms with Crippen molar-refractivity contribution in [3.05, 3.63) is 64.2 Å². The number of pyridine rings is 1. The number of hydrogen-bond donors (Lipinski definition) is 8. The first-order valence-corrected chi connectivity index (χ1v) is 22.1. The lowest BCUT2D eigenvalue weighted by molar-refractivity contribution is -0.131. The summed E-state index contributed by atoms with van der Waals surface area (Å²) in [5.74, 6) is -1.86. The van der Waals surface area contributed by atoms with Crippen molar-refractivity contribution < 1.29 is 43.0 Å². The number of hydrogen-bond acceptors (Lipinski definition) is 15. The molecule has 4 aromatic rings. The number of benzene rings is 1. The Labute approximate surface area is 393 Å². The highest BCUT2D eigenvalue weighted by atomic mass is 16.5. The Morgan fingerprint density at radius 3 is 2.29 bits per heavy atom. The van der Waals surface area contributed by atoms with E-state index in [0.29, 0.717) is 48.7 Å². The number of H-pyrrole nitrogens is 1. The van der Waals surface area contributed by atoms with Gasteiger partial charge in [-0.25, -0.2) is 19.4 Å². The molecule has 368 valence electrons. The third-order valence-electron chi connectivity index (χ3n) is 9.79. The number of nitrogens with one attached hydrogen (secondary N) is 7. The second kappa shape index (κ2) is 27.1. The van der Waals surface area contributed by atoms with E-state index in [1.165, 1.54) is 4.57 Å². The minimum Gasteiger partial charge on any atom is -0.476 e. The van der Waals surface area contributed by atoms with Crippen LogP contribution in [0.5, 0.6) is 11.9 Å². The molecule has 1 aromatic carbocycles. The highest BCUT2D eigenvalue weighted by molar-refractivity contribution is 5.99. The Balaban J connectivity index is 1.27. The van der Waals surface area contributed by atoms with Gasteiger partial charge >= 0.3 is 23.8 Å². The number of nitrogens with zero attached hydrogens (tertiary/aromatic N) is 6. The molecule has 3 heterocycles. The number of carbonyl (C=O) groups excluding carboxylic acids is 6. The van der Waals surface area contributed by atoms with Crippen molar-refractivity contribution in [2.24, 2.45) is 16.6 Å². The Bertz CT molecular complexity index is 2390. The van der Waals surface area contributed by atoms with Gasteiger partial charge < -0.3 is 61.7 Å². The fourth-order valence-corrected chi connectivity index (χ4v) is 6.26. The number of nitrogens with two attached hydrogens (primary N) is 1. The van der Waals surface area contributed by atoms with Gasteiger partial charge in [0, 0.05) is 44.0 Å². The van der Waals surface area contributed by atoms with Gasteiger partial charge in [0.05, 0.1) is 13.2 Å². The molecule has 0 unspecified atom stereocenters. The lowest BCUT2D eigenvalue weighted by Crippen LogP contribution is -2.55. The Kier molecular flexibility index (Phi) is 21.1. The van der Waals surface area contributed by atoms with E-state index in [9.17, 15) is 33.6 Å². The van der Waals surface area contributed by atoms with Crippen LogP contribution < -0.4 is 52.8 Å². The van der Waals surface area contributed by atoms with Crippen LogP contribution >= 0.6 is 0 Å². The predicted molar refractivity (Wildman–Crippen MR) is 252 cm³/mol. The number of aliphatic imine (C=N–C) groups is 1. The van der Waals surface area contributed by atoms with Crippen LogP contribution in [0, 0.1) is 5.92 Å². The van der Waals surface area contributed by atoms with Crippen molar-refractivity contribution in [1.29, 1.82) is 0 Å². The van der Waals surface area contributed by atoms with Crippen LogP contribution in [0.4, 0.5) is 21.1 Å². The number of imidazole rings is 1. The van der Waals surface area contributed by atoms with E-state index in [1.807, 2.05) is 25.9 Å². The summed E-state index contributed by atoms with van der Waals surface area (Å²) in [6, 6.07) is 7.24. The maximum Gasteiger partial charge on any atom is 0.407 e. The fraction of sp³-hybridized carbons (Fsp3) is 0.477. The molecule has 2 atom stereocenters. The third-order valence-corrected chi connectivity index (χ3v) is 9.79. The number of anilines is 2. The normalized spacial score (nSPS) is 11.9. The lowest BCUT2D eigenvalue weighted by atomic mass is 10.0. The predicted octanol–water partition coefficient (Wildman–Crippen LogP) is 1.65. The molecule has 0 bridgehead atoms. The number of fused-ring (bicyclic) bond motifs is 1. The molecule has 24 heteroatoms. The van der Waals surface area contributed by atoms with Crippen LogP contribution in [0.1, 0.15) is 64.0 Å². The van der Waals surface area contributed by atoms with Gasteiger partial charge in [0.2, 0.25) is 29.5 Å². The van der Waals surface area contributed by atoms with Crippen LogP contribution in [0.3, 0.4) is 0 Å². The van der Waals surface area contributed by atoms with E-state index in [1.54, 1.807) is 56.4 Å². The van der Waals surface area contributed by atoms with Gasteiger partial charge in [-0.05, 0) is 75.7 Å². The summed E-state index contributed by atoms with van der Waals surface area (Å²) >= 11 is 0. The van der Waals surface area contributed by atoms with Gasteiger partial charge in [0.15, 0.2) is 11.5 Å². The molecular weight excluding hydrogens is 885 g/mol. The van der Waals surface area contributed by atoms with Gasteiger partial charge in [-0.3, -0.25) is 28.7 Å². The van der Waals surface area contributed by atoms with Crippen molar-refractivity contribution in [2.45, 2.75) is 78.1 Å². The molecule has 9 N–H and O–H groups in total. The molecule has 0 spiro atoms. The highest BCUT2D eigenvalue weighted by Gasteiger charge is 2.29. The quantitative estimate of drug-likeness (QED) is 0.0297. The summed E-state index contributed by atoms with van der Waals surface area (Å²) in [5.41, 5.74) is 6.80. The number of aromatic amines is 1. The molecule has 0 aliphatic carbocycles. The van der Waals surface area contributed by atoms with Crippen molar-refractivity contribution in [3.63, 3.8) is 0 Å². The van der Waals surface area contributed by atoms with Crippen LogP contribution in [-0.2, 0) is 37.1 Å². The standard InChI is InChI=1S/C44H62N14O10/c1-7-21-67-42-55-37(36-38(56-42)58(43(64)54-36)25-29-14-17-34(49-23-29)66-22-20-57(5)6)53-32(59)11-9-19-48-44(65)68-26-28-12-15-30(16-13-28)50-39(61)31(10-8-18-47-41(45)63)51-40(62)35(27(2)3)52-33(60)24-46-4/h12-17,23,27,31,35H,4,7-11,18-22,24-26H2,1-3,5-6H3,(H,48,65)(H,50,61)(H,51,62)(H,52,60)(H,54,64)(H3,45,47,63)(H,53,55,56,59)/t31-,35-/m0/s1. The summed E-state index contributed by atoms with van der Waals surface area (Å²) in [5, 5.41) is 15.8. The first-order chi connectivity index (χ1) is 32.6. The molecular formula is C44H62N14O10. The van der Waals surface area contributed by atoms with Gasteiger partial charge in [-0.15, -0.1) is 0 Å². The average Bonchev–Trinajstić information content (AvgIpc) is 3.61. The van der Waals surface area contributed by atoms with Crippen molar-refractivity contribution in [2.75, 3.05) is 64.1 Å². The first kappa shape index (κ1) is 53.0. The van der Waals surface area contributed by atoms with Crippen LogP contribution in [0.15, 0.2) is 52.4 Å². The zero-order valence-electron chi connectivity index (χ0n) is 39.0. The molecule has 0 saturated heterocycles. The van der Waals surface area contributed by atoms with Gasteiger partial charge in [0.1, 0.15) is 37.4 Å². The zero-order valence-corrected chi connectivity index (χ0v) is 39.0. The van der Waals surface area contributed by atoms with E-state index >= 15 is 0 Å². The van der Waals surface area contributed by atoms with Gasteiger partial charge in [0.25, 0.3) is 0 Å². The second-order valence-corrected chi connectivity index (χ2v) is 16.1. The van der Waals surface area contributed by atoms with E-state index < -0.39 is 53.5 Å². The number of rotatable bonds is 28. The van der Waals surface area contributed by atoms with E-state index in [0.717, 1.165) is 6.54 Å². The third kappa shape index (κ3) is 17.6. The number of urea groups is 1. The lowest BCUT2D eigenvalue weighted by Gasteiger charge is -2.25. The summed E-state index contributed by atoms with van der Waals surface area (Å²) < 4.78 is 18.1. The smallest absolute Gasteiger partial charge is 0.407 e. The number of primary amides is 1. The molecule has 0 fully saturated rings. The van der Waals surface area contributed by atoms with Crippen LogP contribution in [-0.4, -0.2) is 137 Å². The number of likely N-dealkylation sites (N-methyl/N-ethyl adjacent to an activating group) is 1. The van der Waals surface area contributed by atoms with Gasteiger partial charge in [-0.2, -0.15) is 9.97 Å². The van der Waals surface area contributed by atoms with Crippen LogP contribution in [0.25, 0.3) is 11.2 Å². The highest BCUT2D eigenvalue weighted by Crippen LogP contribution is 2.22. The van der Waals surface area contributed by atoms with Crippen molar-refractivity contribution in [3.8, 4) is 11.9 Å². The zero-order chi connectivity index (χ0) is 49.6. The number of aromatic nitrogens is 5. The summed E-state index contributed by atoms with van der Waals surface area (Å²) in [4.78, 5) is 110. The van der Waals surface area contributed by atoms with Crippen molar-refractivity contribution in [1.82, 2.24) is 50.7 Å². The average molecular weight is 947 g/mol. The maximum absolute atomic E-state index is 13.4. The fourth-order valence-electron chi connectivity index (χ4n) is 6.26. The molecule has 0 aliphatic heterocycles. The molecule has 68 heavy (non-hydrogen) atoms. The molecule has 24 nitrogen and oxygen atoms in total. The topological polar surface area (TPSA) is 320 Å².